The number of nitrogens with zero attached hydrogens (tertiary/aromatic N) is 1. The van der Waals surface area contributed by atoms with E-state index >= 15 is 0 Å². The highest BCUT2D eigenvalue weighted by Crippen LogP contribution is 2.31. The summed E-state index contributed by atoms with van der Waals surface area (Å²) in [5.74, 6) is -2.11. The van der Waals surface area contributed by atoms with Crippen LogP contribution in [0.2, 0.25) is 0 Å². The van der Waals surface area contributed by atoms with Gasteiger partial charge in [-0.25, -0.2) is 17.2 Å². The van der Waals surface area contributed by atoms with E-state index in [2.05, 4.69) is 23.6 Å². The Morgan fingerprint density at radius 1 is 1.00 bits per heavy atom. The molecular weight excluding hydrogens is 536 g/mol. The lowest BCUT2D eigenvalue weighted by Crippen LogP contribution is -2.48. The second-order valence-electron chi connectivity index (χ2n) is 10.1. The predicted molar refractivity (Wildman–Crippen MR) is 149 cm³/mol. The number of fused-ring (bicyclic) bond motifs is 1. The molecular formula is C30H35F2N3O4S. The van der Waals surface area contributed by atoms with E-state index in [-0.39, 0.29) is 35.5 Å². The van der Waals surface area contributed by atoms with Crippen LogP contribution in [0.3, 0.4) is 0 Å². The zero-order valence-corrected chi connectivity index (χ0v) is 23.5. The third-order valence-corrected chi connectivity index (χ3v) is 8.94. The lowest BCUT2D eigenvalue weighted by Gasteiger charge is -2.25. The van der Waals surface area contributed by atoms with Gasteiger partial charge in [-0.05, 0) is 65.8 Å². The fraction of sp³-hybridized carbons (Fsp3) is 0.367. The Morgan fingerprint density at radius 3 is 2.42 bits per heavy atom. The quantitative estimate of drug-likeness (QED) is 0.306. The number of aliphatic hydroxyl groups is 1. The van der Waals surface area contributed by atoms with Gasteiger partial charge in [0.15, 0.2) is 0 Å². The first-order valence-electron chi connectivity index (χ1n) is 13.5. The van der Waals surface area contributed by atoms with Crippen molar-refractivity contribution in [3.63, 3.8) is 0 Å². The maximum Gasteiger partial charge on any atom is 0.251 e. The molecule has 10 heteroatoms. The van der Waals surface area contributed by atoms with Gasteiger partial charge in [0, 0.05) is 37.8 Å². The number of aliphatic hydroxyl groups excluding tert-OH is 1. The van der Waals surface area contributed by atoms with Crippen LogP contribution in [0, 0.1) is 11.6 Å². The summed E-state index contributed by atoms with van der Waals surface area (Å²) in [6.45, 7) is 5.18. The molecule has 0 bridgehead atoms. The summed E-state index contributed by atoms with van der Waals surface area (Å²) in [5.41, 5.74) is 3.23. The van der Waals surface area contributed by atoms with Crippen molar-refractivity contribution in [2.45, 2.75) is 63.2 Å². The van der Waals surface area contributed by atoms with Crippen molar-refractivity contribution in [2.24, 2.45) is 0 Å². The zero-order chi connectivity index (χ0) is 28.9. The lowest BCUT2D eigenvalue weighted by atomic mass is 9.99. The van der Waals surface area contributed by atoms with Gasteiger partial charge in [0.2, 0.25) is 10.0 Å². The maximum atomic E-state index is 13.9. The number of carbonyl (C=O) groups excluding carboxylic acids is 1. The summed E-state index contributed by atoms with van der Waals surface area (Å²) in [7, 11) is -3.70. The first kappa shape index (κ1) is 29.8. The number of nitrogens with one attached hydrogen (secondary N) is 2. The molecule has 0 unspecified atom stereocenters. The topological polar surface area (TPSA) is 98.7 Å². The number of hydrogen-bond acceptors (Lipinski definition) is 5. The van der Waals surface area contributed by atoms with Crippen LogP contribution in [0.1, 0.15) is 52.9 Å². The number of aryl methyl sites for hydroxylation is 1. The Labute approximate surface area is 234 Å². The van der Waals surface area contributed by atoms with Crippen molar-refractivity contribution in [1.82, 2.24) is 14.9 Å². The van der Waals surface area contributed by atoms with Crippen molar-refractivity contribution in [3.8, 4) is 0 Å². The van der Waals surface area contributed by atoms with Crippen LogP contribution < -0.4 is 10.6 Å². The molecule has 7 nitrogen and oxygen atoms in total. The lowest BCUT2D eigenvalue weighted by molar-refractivity contribution is 0.0829. The molecule has 2 atom stereocenters. The molecule has 0 fully saturated rings. The van der Waals surface area contributed by atoms with Crippen LogP contribution in [0.4, 0.5) is 8.78 Å². The summed E-state index contributed by atoms with van der Waals surface area (Å²) in [5, 5.41) is 17.0. The van der Waals surface area contributed by atoms with E-state index < -0.39 is 39.7 Å². The highest BCUT2D eigenvalue weighted by Gasteiger charge is 2.34. The van der Waals surface area contributed by atoms with Gasteiger partial charge in [0.25, 0.3) is 5.91 Å². The molecule has 0 saturated carbocycles. The zero-order valence-electron chi connectivity index (χ0n) is 22.7. The predicted octanol–water partition coefficient (Wildman–Crippen LogP) is 3.93. The average Bonchev–Trinajstić information content (AvgIpc) is 3.16. The highest BCUT2D eigenvalue weighted by molar-refractivity contribution is 7.89. The molecule has 0 radical (unpaired) electrons. The second kappa shape index (κ2) is 13.0. The van der Waals surface area contributed by atoms with E-state index in [0.717, 1.165) is 30.2 Å². The Balaban J connectivity index is 1.51. The van der Waals surface area contributed by atoms with Gasteiger partial charge >= 0.3 is 0 Å². The smallest absolute Gasteiger partial charge is 0.251 e. The number of sulfonamides is 1. The van der Waals surface area contributed by atoms with E-state index in [1.807, 2.05) is 25.1 Å². The van der Waals surface area contributed by atoms with Crippen molar-refractivity contribution in [3.05, 3.63) is 100 Å². The number of carbonyl (C=O) groups is 1. The maximum absolute atomic E-state index is 13.9. The molecule has 40 heavy (non-hydrogen) atoms. The first-order chi connectivity index (χ1) is 19.1. The summed E-state index contributed by atoms with van der Waals surface area (Å²) in [6.07, 6.45) is 0.416. The molecule has 0 aliphatic carbocycles. The van der Waals surface area contributed by atoms with Gasteiger partial charge in [0.05, 0.1) is 17.0 Å². The number of hydrogen-bond donors (Lipinski definition) is 3. The van der Waals surface area contributed by atoms with E-state index in [0.29, 0.717) is 25.1 Å². The largest absolute Gasteiger partial charge is 0.390 e. The van der Waals surface area contributed by atoms with Crippen molar-refractivity contribution < 1.29 is 27.1 Å². The monoisotopic (exact) mass is 571 g/mol. The number of halogens is 2. The van der Waals surface area contributed by atoms with Crippen LogP contribution in [0.25, 0.3) is 0 Å². The Hall–Kier alpha value is -3.18. The second-order valence-corrected chi connectivity index (χ2v) is 12.0. The van der Waals surface area contributed by atoms with Crippen LogP contribution >= 0.6 is 0 Å². The summed E-state index contributed by atoms with van der Waals surface area (Å²) >= 11 is 0. The normalized spacial score (nSPS) is 15.9. The summed E-state index contributed by atoms with van der Waals surface area (Å²) < 4.78 is 55.0. The van der Waals surface area contributed by atoms with Crippen LogP contribution in [-0.4, -0.2) is 49.0 Å². The van der Waals surface area contributed by atoms with E-state index in [1.165, 1.54) is 15.9 Å². The molecule has 0 spiro atoms. The Morgan fingerprint density at radius 2 is 1.73 bits per heavy atom. The minimum absolute atomic E-state index is 0.0396. The van der Waals surface area contributed by atoms with Crippen LogP contribution in [0.15, 0.2) is 65.6 Å². The molecule has 3 aromatic rings. The third kappa shape index (κ3) is 7.11. The van der Waals surface area contributed by atoms with E-state index in [4.69, 9.17) is 0 Å². The highest BCUT2D eigenvalue weighted by atomic mass is 32.2. The number of rotatable bonds is 12. The minimum atomic E-state index is -3.70. The molecule has 4 rings (SSSR count). The molecule has 1 heterocycles. The van der Waals surface area contributed by atoms with Gasteiger partial charge in [-0.2, -0.15) is 4.31 Å². The molecule has 214 valence electrons. The Bertz CT molecular complexity index is 1440. The van der Waals surface area contributed by atoms with Gasteiger partial charge in [-0.1, -0.05) is 44.2 Å². The molecule has 3 aromatic carbocycles. The fourth-order valence-corrected chi connectivity index (χ4v) is 6.66. The molecule has 0 aromatic heterocycles. The van der Waals surface area contributed by atoms with Crippen LogP contribution in [-0.2, 0) is 36.0 Å². The molecule has 1 aliphatic rings. The fourth-order valence-electron chi connectivity index (χ4n) is 4.91. The molecule has 1 amide bonds. The van der Waals surface area contributed by atoms with Gasteiger partial charge in [-0.3, -0.25) is 4.79 Å². The van der Waals surface area contributed by atoms with E-state index in [9.17, 15) is 27.1 Å². The minimum Gasteiger partial charge on any atom is -0.390 e. The summed E-state index contributed by atoms with van der Waals surface area (Å²) in [6, 6.07) is 14.7. The average molecular weight is 572 g/mol. The van der Waals surface area contributed by atoms with Crippen molar-refractivity contribution >= 4 is 15.9 Å². The standard InChI is InChI=1S/C30H35F2N3O4S/c1-3-10-35-19-24-9-8-23(15-29(24)40(35,38)39)30(37)34-27(14-22-12-25(31)16-26(32)13-22)28(36)18-33-17-21-7-5-6-20(4-2)11-21/h5-9,11-13,15-16,27-28,33,36H,3-4,10,14,17-19H2,1-2H3,(H,34,37)/t27-,28+/m0/s1. The first-order valence-corrected chi connectivity index (χ1v) is 14.9. The SMILES string of the molecule is CCCN1Cc2ccc(C(=O)N[C@@H](Cc3cc(F)cc(F)c3)[C@H](O)CNCc3cccc(CC)c3)cc2S1(=O)=O. The van der Waals surface area contributed by atoms with Crippen molar-refractivity contribution in [2.75, 3.05) is 13.1 Å². The molecule has 0 saturated heterocycles. The molecule has 3 N–H and O–H groups in total. The number of benzene rings is 3. The third-order valence-electron chi connectivity index (χ3n) is 7.01. The van der Waals surface area contributed by atoms with Gasteiger partial charge in [-0.15, -0.1) is 0 Å². The van der Waals surface area contributed by atoms with E-state index in [1.54, 1.807) is 12.1 Å². The molecule has 1 aliphatic heterocycles. The van der Waals surface area contributed by atoms with Gasteiger partial charge < -0.3 is 15.7 Å². The number of amides is 1. The Kier molecular flexibility index (Phi) is 9.68. The van der Waals surface area contributed by atoms with Crippen molar-refractivity contribution in [1.29, 1.82) is 0 Å². The van der Waals surface area contributed by atoms with Crippen LogP contribution in [0.5, 0.6) is 0 Å². The van der Waals surface area contributed by atoms with Gasteiger partial charge in [0.1, 0.15) is 11.6 Å². The summed E-state index contributed by atoms with van der Waals surface area (Å²) in [4.78, 5) is 13.4.